The lowest BCUT2D eigenvalue weighted by Crippen LogP contribution is -2.65. The highest BCUT2D eigenvalue weighted by Crippen LogP contribution is 2.74. The number of Topliss-reactive ketones (excluding diaryl/α,β-unsaturated/α-hetero) is 1. The minimum atomic E-state index is -0.652. The number of hydrogen-bond donors (Lipinski definition) is 0. The molecule has 0 saturated heterocycles. The molecular formula is C31H44O4. The third kappa shape index (κ3) is 2.95. The summed E-state index contributed by atoms with van der Waals surface area (Å²) in [5, 5.41) is 0. The Bertz CT molecular complexity index is 1080. The molecule has 4 nitrogen and oxygen atoms in total. The molecule has 0 unspecified atom stereocenters. The molecule has 4 heteroatoms. The van der Waals surface area contributed by atoms with Gasteiger partial charge in [-0.25, -0.2) is 0 Å². The molecule has 3 saturated carbocycles. The molecule has 0 heterocycles. The largest absolute Gasteiger partial charge is 0.468 e. The highest BCUT2D eigenvalue weighted by molar-refractivity contribution is 5.97. The topological polar surface area (TPSA) is 60.4 Å². The summed E-state index contributed by atoms with van der Waals surface area (Å²) in [4.78, 5) is 39.9. The van der Waals surface area contributed by atoms with Crippen LogP contribution < -0.4 is 0 Å². The number of ketones is 2. The number of ether oxygens (including phenoxy) is 1. The third-order valence-electron chi connectivity index (χ3n) is 12.4. The van der Waals surface area contributed by atoms with E-state index >= 15 is 0 Å². The molecule has 192 valence electrons. The van der Waals surface area contributed by atoms with Crippen molar-refractivity contribution < 1.29 is 19.1 Å². The maximum absolute atomic E-state index is 14.2. The Labute approximate surface area is 211 Å². The maximum Gasteiger partial charge on any atom is 0.315 e. The molecule has 7 atom stereocenters. The lowest BCUT2D eigenvalue weighted by atomic mass is 9.34. The van der Waals surface area contributed by atoms with Crippen LogP contribution >= 0.6 is 0 Å². The summed E-state index contributed by atoms with van der Waals surface area (Å²) in [6, 6.07) is 0. The molecule has 0 aliphatic heterocycles. The highest BCUT2D eigenvalue weighted by atomic mass is 16.5. The van der Waals surface area contributed by atoms with Gasteiger partial charge in [0.2, 0.25) is 0 Å². The Morgan fingerprint density at radius 1 is 0.886 bits per heavy atom. The molecule has 0 aromatic carbocycles. The third-order valence-corrected chi connectivity index (χ3v) is 12.4. The summed E-state index contributed by atoms with van der Waals surface area (Å²) < 4.78 is 5.20. The van der Waals surface area contributed by atoms with Crippen LogP contribution in [0.2, 0.25) is 0 Å². The lowest BCUT2D eigenvalue weighted by molar-refractivity contribution is -0.182. The molecule has 0 amide bonds. The molecule has 3 fully saturated rings. The van der Waals surface area contributed by atoms with E-state index < -0.39 is 5.41 Å². The van der Waals surface area contributed by atoms with Crippen LogP contribution in [0.5, 0.6) is 0 Å². The smallest absolute Gasteiger partial charge is 0.315 e. The number of allylic oxidation sites excluding steroid dienone is 3. The average molecular weight is 481 g/mol. The predicted molar refractivity (Wildman–Crippen MR) is 136 cm³/mol. The summed E-state index contributed by atoms with van der Waals surface area (Å²) in [7, 11) is 1.47. The van der Waals surface area contributed by atoms with E-state index in [1.807, 2.05) is 13.0 Å². The van der Waals surface area contributed by atoms with Gasteiger partial charge in [0.1, 0.15) is 5.78 Å². The first kappa shape index (κ1) is 25.0. The molecule has 5 aliphatic carbocycles. The van der Waals surface area contributed by atoms with Crippen LogP contribution in [0.1, 0.15) is 99.8 Å². The van der Waals surface area contributed by atoms with Crippen LogP contribution in [0, 0.1) is 44.3 Å². The van der Waals surface area contributed by atoms with Crippen LogP contribution in [-0.2, 0) is 19.1 Å². The number of rotatable bonds is 1. The number of carbonyl (C=O) groups is 3. The van der Waals surface area contributed by atoms with Gasteiger partial charge in [0.25, 0.3) is 0 Å². The molecule has 0 N–H and O–H groups in total. The minimum absolute atomic E-state index is 0.0112. The quantitative estimate of drug-likeness (QED) is 0.395. The Morgan fingerprint density at radius 2 is 1.54 bits per heavy atom. The van der Waals surface area contributed by atoms with Gasteiger partial charge in [-0.15, -0.1) is 0 Å². The summed E-state index contributed by atoms with van der Waals surface area (Å²) in [6.07, 6.45) is 11.3. The summed E-state index contributed by atoms with van der Waals surface area (Å²) in [6.45, 7) is 15.6. The molecule has 5 aliphatic rings. The number of esters is 1. The first-order valence-electron chi connectivity index (χ1n) is 13.7. The van der Waals surface area contributed by atoms with E-state index in [0.29, 0.717) is 12.2 Å². The normalized spacial score (nSPS) is 48.5. The Hall–Kier alpha value is -1.71. The van der Waals surface area contributed by atoms with Gasteiger partial charge in [0.05, 0.1) is 12.5 Å². The molecule has 5 rings (SSSR count). The second-order valence-electron chi connectivity index (χ2n) is 14.4. The Balaban J connectivity index is 1.67. The second kappa shape index (κ2) is 7.19. The van der Waals surface area contributed by atoms with E-state index in [4.69, 9.17) is 4.74 Å². The molecule has 0 aromatic heterocycles. The monoisotopic (exact) mass is 480 g/mol. The summed E-state index contributed by atoms with van der Waals surface area (Å²) in [5.41, 5.74) is 0.877. The first-order valence-corrected chi connectivity index (χ1v) is 13.7. The summed E-state index contributed by atoms with van der Waals surface area (Å²) in [5.74, 6) is 0.580. The van der Waals surface area contributed by atoms with E-state index in [1.54, 1.807) is 0 Å². The predicted octanol–water partition coefficient (Wildman–Crippen LogP) is 6.63. The first-order chi connectivity index (χ1) is 16.1. The zero-order valence-electron chi connectivity index (χ0n) is 23.1. The van der Waals surface area contributed by atoms with Gasteiger partial charge in [-0.1, -0.05) is 47.6 Å². The second-order valence-corrected chi connectivity index (χ2v) is 14.4. The fourth-order valence-corrected chi connectivity index (χ4v) is 9.79. The van der Waals surface area contributed by atoms with Gasteiger partial charge in [0, 0.05) is 17.8 Å². The van der Waals surface area contributed by atoms with Crippen molar-refractivity contribution in [2.24, 2.45) is 44.3 Å². The van der Waals surface area contributed by atoms with Gasteiger partial charge < -0.3 is 4.74 Å². The molecule has 0 aromatic rings. The van der Waals surface area contributed by atoms with Crippen LogP contribution in [0.15, 0.2) is 23.3 Å². The van der Waals surface area contributed by atoms with Crippen molar-refractivity contribution >= 4 is 17.5 Å². The van der Waals surface area contributed by atoms with E-state index in [0.717, 1.165) is 44.9 Å². The van der Waals surface area contributed by atoms with Gasteiger partial charge in [-0.05, 0) is 96.7 Å². The number of fused-ring (bicyclic) bond motifs is 7. The summed E-state index contributed by atoms with van der Waals surface area (Å²) >= 11 is 0. The van der Waals surface area contributed by atoms with Crippen LogP contribution in [0.25, 0.3) is 0 Å². The molecular weight excluding hydrogens is 436 g/mol. The standard InChI is InChI=1S/C31H44O4/c1-26(2)22-9-12-31(7)24(29(22,5)11-10-23(26)33)21(32)17-19-20-18-28(4,25(34)35-8)14-13-27(20,3)15-16-30(19,31)6/h17-18,22,24H,9-16H2,1-8H3/t22-,24-,27+,28-,29-,30-,31+/m0/s1. The zero-order valence-corrected chi connectivity index (χ0v) is 23.1. The molecule has 0 radical (unpaired) electrons. The maximum atomic E-state index is 14.2. The van der Waals surface area contributed by atoms with E-state index in [-0.39, 0.29) is 50.7 Å². The Morgan fingerprint density at radius 3 is 2.20 bits per heavy atom. The van der Waals surface area contributed by atoms with Crippen molar-refractivity contribution in [3.63, 3.8) is 0 Å². The van der Waals surface area contributed by atoms with Crippen molar-refractivity contribution in [3.05, 3.63) is 23.3 Å². The van der Waals surface area contributed by atoms with Crippen molar-refractivity contribution in [2.45, 2.75) is 99.8 Å². The highest BCUT2D eigenvalue weighted by Gasteiger charge is 2.69. The van der Waals surface area contributed by atoms with Crippen LogP contribution in [0.4, 0.5) is 0 Å². The van der Waals surface area contributed by atoms with Gasteiger partial charge in [0.15, 0.2) is 5.78 Å². The Kier molecular flexibility index (Phi) is 5.13. The van der Waals surface area contributed by atoms with Crippen LogP contribution in [-0.4, -0.2) is 24.6 Å². The number of hydrogen-bond acceptors (Lipinski definition) is 4. The number of carbonyl (C=O) groups excluding carboxylic acids is 3. The van der Waals surface area contributed by atoms with Gasteiger partial charge >= 0.3 is 5.97 Å². The minimum Gasteiger partial charge on any atom is -0.468 e. The average Bonchev–Trinajstić information content (AvgIpc) is 2.78. The van der Waals surface area contributed by atoms with Crippen molar-refractivity contribution in [1.29, 1.82) is 0 Å². The number of methoxy groups -OCH3 is 1. The molecule has 0 bridgehead atoms. The van der Waals surface area contributed by atoms with Crippen LogP contribution in [0.3, 0.4) is 0 Å². The fraction of sp³-hybridized carbons (Fsp3) is 0.774. The van der Waals surface area contributed by atoms with E-state index in [9.17, 15) is 14.4 Å². The zero-order chi connectivity index (χ0) is 25.8. The SMILES string of the molecule is COC(=O)[C@]1(C)C=C2C3=CC(=O)[C@H]4[C@@]5(C)CCC(=O)C(C)(C)[C@@H]5CC[C@@]4(C)[C@@]3(C)CC[C@@]2(C)CC1. The van der Waals surface area contributed by atoms with Crippen molar-refractivity contribution in [2.75, 3.05) is 7.11 Å². The van der Waals surface area contributed by atoms with Gasteiger partial charge in [-0.2, -0.15) is 0 Å². The van der Waals surface area contributed by atoms with Gasteiger partial charge in [-0.3, -0.25) is 14.4 Å². The van der Waals surface area contributed by atoms with Crippen molar-refractivity contribution in [3.8, 4) is 0 Å². The van der Waals surface area contributed by atoms with E-state index in [2.05, 4.69) is 47.6 Å². The molecule has 35 heavy (non-hydrogen) atoms. The fourth-order valence-electron chi connectivity index (χ4n) is 9.79. The lowest BCUT2D eigenvalue weighted by Gasteiger charge is -2.68. The molecule has 0 spiro atoms. The van der Waals surface area contributed by atoms with Crippen molar-refractivity contribution in [1.82, 2.24) is 0 Å². The van der Waals surface area contributed by atoms with E-state index in [1.165, 1.54) is 18.3 Å².